The van der Waals surface area contributed by atoms with Gasteiger partial charge in [-0.15, -0.1) is 0 Å². The van der Waals surface area contributed by atoms with Crippen LogP contribution in [0.2, 0.25) is 0 Å². The largest absolute Gasteiger partial charge is 0.392 e. The molecule has 0 spiro atoms. The van der Waals surface area contributed by atoms with E-state index in [4.69, 9.17) is 0 Å². The first-order valence-corrected chi connectivity index (χ1v) is 5.28. The van der Waals surface area contributed by atoms with Crippen LogP contribution < -0.4 is 5.32 Å². The first kappa shape index (κ1) is 8.52. The second-order valence-corrected chi connectivity index (χ2v) is 4.31. The van der Waals surface area contributed by atoms with Gasteiger partial charge in [0.1, 0.15) is 0 Å². The molecule has 0 aromatic heterocycles. The Kier molecular flexibility index (Phi) is 2.66. The number of hydrogen-bond donors (Lipinski definition) is 2. The molecule has 2 heteroatoms. The van der Waals surface area contributed by atoms with E-state index in [0.717, 1.165) is 18.9 Å². The van der Waals surface area contributed by atoms with Gasteiger partial charge in [0, 0.05) is 6.04 Å². The Morgan fingerprint density at radius 1 is 1.08 bits per heavy atom. The quantitative estimate of drug-likeness (QED) is 0.667. The fourth-order valence-corrected chi connectivity index (χ4v) is 1.99. The smallest absolute Gasteiger partial charge is 0.0693 e. The summed E-state index contributed by atoms with van der Waals surface area (Å²) < 4.78 is 0. The van der Waals surface area contributed by atoms with Gasteiger partial charge in [-0.05, 0) is 38.1 Å². The second-order valence-electron chi connectivity index (χ2n) is 4.31. The molecule has 0 aromatic carbocycles. The molecule has 2 saturated carbocycles. The van der Waals surface area contributed by atoms with Gasteiger partial charge in [0.2, 0.25) is 0 Å². The lowest BCUT2D eigenvalue weighted by atomic mass is 9.92. The van der Waals surface area contributed by atoms with E-state index in [-0.39, 0.29) is 6.10 Å². The van der Waals surface area contributed by atoms with E-state index in [1.54, 1.807) is 0 Å². The molecule has 0 unspecified atom stereocenters. The van der Waals surface area contributed by atoms with E-state index < -0.39 is 0 Å². The van der Waals surface area contributed by atoms with Gasteiger partial charge in [0.15, 0.2) is 0 Å². The zero-order valence-corrected chi connectivity index (χ0v) is 7.63. The molecule has 0 amide bonds. The average Bonchev–Trinajstić information content (AvgIpc) is 2.86. The van der Waals surface area contributed by atoms with Crippen LogP contribution in [0.4, 0.5) is 0 Å². The lowest BCUT2D eigenvalue weighted by Gasteiger charge is -2.28. The van der Waals surface area contributed by atoms with E-state index in [9.17, 15) is 5.11 Å². The molecule has 2 N–H and O–H groups in total. The molecule has 0 aliphatic heterocycles. The highest BCUT2D eigenvalue weighted by atomic mass is 16.3. The summed E-state index contributed by atoms with van der Waals surface area (Å²) in [7, 11) is 0. The van der Waals surface area contributed by atoms with Crippen molar-refractivity contribution in [3.8, 4) is 0 Å². The number of nitrogens with one attached hydrogen (secondary N) is 1. The van der Waals surface area contributed by atoms with E-state index in [0.29, 0.717) is 6.04 Å². The summed E-state index contributed by atoms with van der Waals surface area (Å²) in [5.74, 6) is 0.930. The number of rotatable bonds is 3. The zero-order valence-electron chi connectivity index (χ0n) is 7.63. The van der Waals surface area contributed by atoms with Gasteiger partial charge in [0.25, 0.3) is 0 Å². The molecule has 2 fully saturated rings. The van der Waals surface area contributed by atoms with Crippen LogP contribution in [0.25, 0.3) is 0 Å². The number of aliphatic hydroxyl groups is 1. The summed E-state index contributed by atoms with van der Waals surface area (Å²) in [5.41, 5.74) is 0. The molecule has 0 heterocycles. The predicted octanol–water partition coefficient (Wildman–Crippen LogP) is 1.29. The van der Waals surface area contributed by atoms with Gasteiger partial charge in [0.05, 0.1) is 6.10 Å². The van der Waals surface area contributed by atoms with Crippen LogP contribution in [0.1, 0.15) is 38.5 Å². The Morgan fingerprint density at radius 2 is 1.83 bits per heavy atom. The van der Waals surface area contributed by atoms with Crippen LogP contribution in [0.3, 0.4) is 0 Å². The van der Waals surface area contributed by atoms with Crippen LogP contribution in [0.15, 0.2) is 0 Å². The highest BCUT2D eigenvalue weighted by Gasteiger charge is 2.26. The molecule has 0 bridgehead atoms. The molecular formula is C10H19NO. The maximum absolute atomic E-state index is 9.64. The van der Waals surface area contributed by atoms with Crippen molar-refractivity contribution >= 4 is 0 Å². The third-order valence-corrected chi connectivity index (χ3v) is 3.10. The molecule has 12 heavy (non-hydrogen) atoms. The minimum atomic E-state index is -0.0718. The monoisotopic (exact) mass is 169 g/mol. The molecular weight excluding hydrogens is 150 g/mol. The van der Waals surface area contributed by atoms with Gasteiger partial charge >= 0.3 is 0 Å². The van der Waals surface area contributed by atoms with Crippen LogP contribution >= 0.6 is 0 Å². The van der Waals surface area contributed by atoms with Gasteiger partial charge in [-0.3, -0.25) is 0 Å². The van der Waals surface area contributed by atoms with Crippen molar-refractivity contribution in [3.05, 3.63) is 0 Å². The summed E-state index contributed by atoms with van der Waals surface area (Å²) in [6.45, 7) is 1.14. The highest BCUT2D eigenvalue weighted by molar-refractivity contribution is 4.83. The maximum Gasteiger partial charge on any atom is 0.0693 e. The van der Waals surface area contributed by atoms with Gasteiger partial charge in [-0.1, -0.05) is 12.8 Å². The molecule has 0 aromatic rings. The molecule has 70 valence electrons. The summed E-state index contributed by atoms with van der Waals surface area (Å²) in [6.07, 6.45) is 7.40. The molecule has 0 saturated heterocycles. The van der Waals surface area contributed by atoms with Crippen LogP contribution in [0.5, 0.6) is 0 Å². The van der Waals surface area contributed by atoms with Crippen molar-refractivity contribution in [2.75, 3.05) is 6.54 Å². The Morgan fingerprint density at radius 3 is 2.50 bits per heavy atom. The Balaban J connectivity index is 1.68. The van der Waals surface area contributed by atoms with Crippen molar-refractivity contribution < 1.29 is 5.11 Å². The van der Waals surface area contributed by atoms with E-state index in [1.165, 1.54) is 32.1 Å². The minimum absolute atomic E-state index is 0.0718. The zero-order chi connectivity index (χ0) is 8.39. The standard InChI is InChI=1S/C10H19NO/c12-10-4-2-1-3-9(10)11-7-8-5-6-8/h8-12H,1-7H2/t9-,10-/m0/s1. The summed E-state index contributed by atoms with van der Waals surface area (Å²) in [4.78, 5) is 0. The van der Waals surface area contributed by atoms with Crippen molar-refractivity contribution in [3.63, 3.8) is 0 Å². The lowest BCUT2D eigenvalue weighted by Crippen LogP contribution is -2.42. The van der Waals surface area contributed by atoms with Crippen molar-refractivity contribution in [1.29, 1.82) is 0 Å². The minimum Gasteiger partial charge on any atom is -0.392 e. The van der Waals surface area contributed by atoms with E-state index in [2.05, 4.69) is 5.32 Å². The van der Waals surface area contributed by atoms with E-state index >= 15 is 0 Å². The molecule has 2 atom stereocenters. The fraction of sp³-hybridized carbons (Fsp3) is 1.00. The Bertz CT molecular complexity index is 145. The van der Waals surface area contributed by atoms with Crippen molar-refractivity contribution in [1.82, 2.24) is 5.32 Å². The molecule has 2 nitrogen and oxygen atoms in total. The number of aliphatic hydroxyl groups excluding tert-OH is 1. The third-order valence-electron chi connectivity index (χ3n) is 3.10. The first-order chi connectivity index (χ1) is 5.86. The first-order valence-electron chi connectivity index (χ1n) is 5.28. The molecule has 0 radical (unpaired) electrons. The Labute approximate surface area is 74.4 Å². The molecule has 2 rings (SSSR count). The Hall–Kier alpha value is -0.0800. The summed E-state index contributed by atoms with van der Waals surface area (Å²) >= 11 is 0. The van der Waals surface area contributed by atoms with Gasteiger partial charge < -0.3 is 10.4 Å². The van der Waals surface area contributed by atoms with Crippen LogP contribution in [-0.4, -0.2) is 23.8 Å². The van der Waals surface area contributed by atoms with Crippen LogP contribution in [-0.2, 0) is 0 Å². The topological polar surface area (TPSA) is 32.3 Å². The predicted molar refractivity (Wildman–Crippen MR) is 49.0 cm³/mol. The number of hydrogen-bond acceptors (Lipinski definition) is 2. The van der Waals surface area contributed by atoms with Gasteiger partial charge in [-0.2, -0.15) is 0 Å². The van der Waals surface area contributed by atoms with Crippen molar-refractivity contribution in [2.45, 2.75) is 50.7 Å². The second kappa shape index (κ2) is 3.75. The SMILES string of the molecule is O[C@H]1CCCC[C@@H]1NCC1CC1. The van der Waals surface area contributed by atoms with Gasteiger partial charge in [-0.25, -0.2) is 0 Å². The fourth-order valence-electron chi connectivity index (χ4n) is 1.99. The lowest BCUT2D eigenvalue weighted by molar-refractivity contribution is 0.0906. The average molecular weight is 169 g/mol. The normalized spacial score (nSPS) is 36.8. The molecule has 2 aliphatic rings. The molecule has 2 aliphatic carbocycles. The maximum atomic E-state index is 9.64. The van der Waals surface area contributed by atoms with Crippen molar-refractivity contribution in [2.24, 2.45) is 5.92 Å². The highest BCUT2D eigenvalue weighted by Crippen LogP contribution is 2.28. The van der Waals surface area contributed by atoms with E-state index in [1.807, 2.05) is 0 Å². The summed E-state index contributed by atoms with van der Waals surface area (Å²) in [5, 5.41) is 13.1. The third kappa shape index (κ3) is 2.20. The summed E-state index contributed by atoms with van der Waals surface area (Å²) in [6, 6.07) is 0.402. The van der Waals surface area contributed by atoms with Crippen LogP contribution in [0, 0.1) is 5.92 Å².